The van der Waals surface area contributed by atoms with Gasteiger partial charge in [-0.05, 0) is 6.07 Å². The number of H-pyrrole nitrogens is 1. The second-order valence-electron chi connectivity index (χ2n) is 3.32. The van der Waals surface area contributed by atoms with Gasteiger partial charge in [-0.25, -0.2) is 4.98 Å². The van der Waals surface area contributed by atoms with E-state index >= 15 is 0 Å². The third-order valence-electron chi connectivity index (χ3n) is 2.19. The first-order valence-corrected chi connectivity index (χ1v) is 5.10. The van der Waals surface area contributed by atoms with Crippen molar-refractivity contribution in [2.45, 2.75) is 6.42 Å². The topological polar surface area (TPSA) is 62.8 Å². The summed E-state index contributed by atoms with van der Waals surface area (Å²) in [5.41, 5.74) is 1.11. The Kier molecular flexibility index (Phi) is 3.38. The van der Waals surface area contributed by atoms with Gasteiger partial charge >= 0.3 is 0 Å². The van der Waals surface area contributed by atoms with E-state index in [0.717, 1.165) is 24.5 Å². The van der Waals surface area contributed by atoms with Gasteiger partial charge in [-0.2, -0.15) is 4.98 Å². The number of nitrogens with zero attached hydrogens (tertiary/aromatic N) is 2. The minimum absolute atomic E-state index is 0.617. The molecule has 0 aliphatic rings. The Morgan fingerprint density at radius 1 is 1.44 bits per heavy atom. The molecule has 0 amide bonds. The van der Waals surface area contributed by atoms with E-state index in [1.807, 2.05) is 24.4 Å². The lowest BCUT2D eigenvalue weighted by Crippen LogP contribution is -2.06. The summed E-state index contributed by atoms with van der Waals surface area (Å²) in [5.74, 6) is 1.44. The molecular formula is C11H14N4O. The van der Waals surface area contributed by atoms with Crippen molar-refractivity contribution in [1.82, 2.24) is 15.0 Å². The molecule has 0 saturated heterocycles. The molecule has 2 N–H and O–H groups in total. The van der Waals surface area contributed by atoms with Gasteiger partial charge in [-0.15, -0.1) is 0 Å². The molecule has 84 valence electrons. The predicted molar refractivity (Wildman–Crippen MR) is 61.6 cm³/mol. The van der Waals surface area contributed by atoms with Gasteiger partial charge in [0.25, 0.3) is 0 Å². The van der Waals surface area contributed by atoms with Gasteiger partial charge in [0, 0.05) is 30.9 Å². The molecule has 0 unspecified atom stereocenters. The highest BCUT2D eigenvalue weighted by Gasteiger charge is 1.97. The van der Waals surface area contributed by atoms with Crippen molar-refractivity contribution in [2.75, 3.05) is 19.0 Å². The molecule has 2 heterocycles. The third kappa shape index (κ3) is 2.73. The molecule has 0 aliphatic heterocycles. The molecule has 0 atom stereocenters. The summed E-state index contributed by atoms with van der Waals surface area (Å²) in [7, 11) is 1.61. The summed E-state index contributed by atoms with van der Waals surface area (Å²) in [5, 5.41) is 3.22. The molecule has 2 aromatic heterocycles. The molecule has 0 aromatic carbocycles. The van der Waals surface area contributed by atoms with Crippen LogP contribution in [0.3, 0.4) is 0 Å². The summed E-state index contributed by atoms with van der Waals surface area (Å²) in [6.45, 7) is 0.808. The minimum atomic E-state index is 0.617. The Bertz CT molecular complexity index is 427. The van der Waals surface area contributed by atoms with Crippen molar-refractivity contribution < 1.29 is 4.74 Å². The fraction of sp³-hybridized carbons (Fsp3) is 0.273. The highest BCUT2D eigenvalue weighted by molar-refractivity contribution is 5.37. The van der Waals surface area contributed by atoms with Gasteiger partial charge in [0.05, 0.1) is 13.4 Å². The molecule has 0 spiro atoms. The van der Waals surface area contributed by atoms with Crippen LogP contribution in [0.1, 0.15) is 5.69 Å². The third-order valence-corrected chi connectivity index (χ3v) is 2.19. The number of hydrogen-bond acceptors (Lipinski definition) is 4. The van der Waals surface area contributed by atoms with Gasteiger partial charge in [0.1, 0.15) is 5.82 Å². The Hall–Kier alpha value is -2.04. The first-order valence-electron chi connectivity index (χ1n) is 5.10. The van der Waals surface area contributed by atoms with Crippen LogP contribution in [0, 0.1) is 0 Å². The Morgan fingerprint density at radius 2 is 2.38 bits per heavy atom. The first kappa shape index (κ1) is 10.5. The number of nitrogens with one attached hydrogen (secondary N) is 2. The van der Waals surface area contributed by atoms with E-state index in [1.54, 1.807) is 13.4 Å². The molecule has 0 aliphatic carbocycles. The van der Waals surface area contributed by atoms with Crippen molar-refractivity contribution in [3.05, 3.63) is 36.4 Å². The van der Waals surface area contributed by atoms with Crippen LogP contribution in [0.25, 0.3) is 0 Å². The maximum absolute atomic E-state index is 5.04. The summed E-state index contributed by atoms with van der Waals surface area (Å²) in [6, 6.07) is 5.64. The predicted octanol–water partition coefficient (Wildman–Crippen LogP) is 1.47. The molecule has 0 saturated carbocycles. The van der Waals surface area contributed by atoms with E-state index in [2.05, 4.69) is 20.3 Å². The summed E-state index contributed by atoms with van der Waals surface area (Å²) < 4.78 is 5.04. The zero-order chi connectivity index (χ0) is 11.2. The quantitative estimate of drug-likeness (QED) is 0.797. The van der Waals surface area contributed by atoms with E-state index in [0.29, 0.717) is 5.88 Å². The highest BCUT2D eigenvalue weighted by atomic mass is 16.5. The van der Waals surface area contributed by atoms with Gasteiger partial charge in [-0.3, -0.25) is 0 Å². The maximum Gasteiger partial charge on any atom is 0.214 e. The van der Waals surface area contributed by atoms with Gasteiger partial charge < -0.3 is 15.0 Å². The van der Waals surface area contributed by atoms with Crippen molar-refractivity contribution in [1.29, 1.82) is 0 Å². The van der Waals surface area contributed by atoms with E-state index in [1.165, 1.54) is 0 Å². The standard InChI is InChI=1S/C11H14N4O/c1-16-11-4-2-3-10(15-11)13-6-5-9-7-12-8-14-9/h2-4,7-8H,5-6H2,1H3,(H,12,14)(H,13,15). The van der Waals surface area contributed by atoms with Crippen LogP contribution < -0.4 is 10.1 Å². The number of methoxy groups -OCH3 is 1. The number of imidazole rings is 1. The number of aromatic amines is 1. The fourth-order valence-electron chi connectivity index (χ4n) is 1.37. The number of aromatic nitrogens is 3. The smallest absolute Gasteiger partial charge is 0.214 e. The Morgan fingerprint density at radius 3 is 3.12 bits per heavy atom. The van der Waals surface area contributed by atoms with E-state index in [-0.39, 0.29) is 0 Å². The van der Waals surface area contributed by atoms with E-state index < -0.39 is 0 Å². The van der Waals surface area contributed by atoms with Crippen molar-refractivity contribution in [3.63, 3.8) is 0 Å². The molecule has 5 heteroatoms. The molecular weight excluding hydrogens is 204 g/mol. The number of anilines is 1. The summed E-state index contributed by atoms with van der Waals surface area (Å²) >= 11 is 0. The maximum atomic E-state index is 5.04. The van der Waals surface area contributed by atoms with Crippen LogP contribution in [0.4, 0.5) is 5.82 Å². The zero-order valence-electron chi connectivity index (χ0n) is 9.10. The largest absolute Gasteiger partial charge is 0.481 e. The average molecular weight is 218 g/mol. The first-order chi connectivity index (χ1) is 7.88. The lowest BCUT2D eigenvalue weighted by Gasteiger charge is -2.05. The van der Waals surface area contributed by atoms with Crippen LogP contribution in [-0.2, 0) is 6.42 Å². The molecule has 5 nitrogen and oxygen atoms in total. The van der Waals surface area contributed by atoms with Crippen molar-refractivity contribution in [3.8, 4) is 5.88 Å². The number of ether oxygens (including phenoxy) is 1. The minimum Gasteiger partial charge on any atom is -0.481 e. The fourth-order valence-corrected chi connectivity index (χ4v) is 1.37. The zero-order valence-corrected chi connectivity index (χ0v) is 9.10. The van der Waals surface area contributed by atoms with Gasteiger partial charge in [0.2, 0.25) is 5.88 Å². The molecule has 2 rings (SSSR count). The molecule has 2 aromatic rings. The molecule has 0 radical (unpaired) electrons. The normalized spacial score (nSPS) is 10.1. The van der Waals surface area contributed by atoms with Crippen LogP contribution in [0.2, 0.25) is 0 Å². The van der Waals surface area contributed by atoms with Crippen molar-refractivity contribution in [2.24, 2.45) is 0 Å². The second kappa shape index (κ2) is 5.16. The number of rotatable bonds is 5. The average Bonchev–Trinajstić information content (AvgIpc) is 2.82. The van der Waals surface area contributed by atoms with Gasteiger partial charge in [-0.1, -0.05) is 6.07 Å². The lowest BCUT2D eigenvalue weighted by molar-refractivity contribution is 0.398. The lowest BCUT2D eigenvalue weighted by atomic mass is 10.3. The van der Waals surface area contributed by atoms with Crippen LogP contribution in [0.15, 0.2) is 30.7 Å². The second-order valence-corrected chi connectivity index (χ2v) is 3.32. The van der Waals surface area contributed by atoms with Crippen LogP contribution in [-0.4, -0.2) is 28.6 Å². The Balaban J connectivity index is 1.85. The van der Waals surface area contributed by atoms with Crippen molar-refractivity contribution >= 4 is 5.82 Å². The Labute approximate surface area is 93.9 Å². The van der Waals surface area contributed by atoms with E-state index in [9.17, 15) is 0 Å². The van der Waals surface area contributed by atoms with Crippen LogP contribution >= 0.6 is 0 Å². The summed E-state index contributed by atoms with van der Waals surface area (Å²) in [4.78, 5) is 11.3. The monoisotopic (exact) mass is 218 g/mol. The molecule has 16 heavy (non-hydrogen) atoms. The van der Waals surface area contributed by atoms with Crippen LogP contribution in [0.5, 0.6) is 5.88 Å². The summed E-state index contributed by atoms with van der Waals surface area (Å²) in [6.07, 6.45) is 4.39. The highest BCUT2D eigenvalue weighted by Crippen LogP contribution is 2.10. The number of hydrogen-bond donors (Lipinski definition) is 2. The van der Waals surface area contributed by atoms with E-state index in [4.69, 9.17) is 4.74 Å². The SMILES string of the molecule is COc1cccc(NCCc2cnc[nH]2)n1. The number of pyridine rings is 1. The molecule has 0 bridgehead atoms. The molecule has 0 fully saturated rings. The van der Waals surface area contributed by atoms with Gasteiger partial charge in [0.15, 0.2) is 0 Å².